The maximum Gasteiger partial charge on any atom is 0.204 e. The topological polar surface area (TPSA) is 39.2 Å². The normalized spacial score (nSPS) is 10.8. The molecular weight excluding hydrogens is 289 g/mol. The molecule has 0 N–H and O–H groups in total. The third kappa shape index (κ3) is 2.78. The number of carbonyl (C=O) groups is 1. The van der Waals surface area contributed by atoms with Crippen LogP contribution in [0.3, 0.4) is 0 Å². The minimum absolute atomic E-state index is 0.134. The first kappa shape index (κ1) is 13.7. The molecule has 0 aliphatic carbocycles. The number of hydrogen-bond donors (Lipinski definition) is 0. The summed E-state index contributed by atoms with van der Waals surface area (Å²) in [5.41, 5.74) is 0.466. The van der Waals surface area contributed by atoms with Crippen LogP contribution in [0.25, 0.3) is 10.1 Å². The molecule has 0 fully saturated rings. The van der Waals surface area contributed by atoms with E-state index in [9.17, 15) is 9.18 Å². The summed E-state index contributed by atoms with van der Waals surface area (Å²) in [6.07, 6.45) is 3.08. The van der Waals surface area contributed by atoms with Gasteiger partial charge in [-0.2, -0.15) is 0 Å². The van der Waals surface area contributed by atoms with Crippen molar-refractivity contribution in [2.45, 2.75) is 6.92 Å². The van der Waals surface area contributed by atoms with Crippen LogP contribution in [-0.4, -0.2) is 17.4 Å². The highest BCUT2D eigenvalue weighted by Gasteiger charge is 2.14. The van der Waals surface area contributed by atoms with E-state index in [4.69, 9.17) is 4.74 Å². The molecule has 0 unspecified atom stereocenters. The number of benzene rings is 1. The molecule has 3 aromatic rings. The minimum atomic E-state index is -0.302. The monoisotopic (exact) mass is 301 g/mol. The van der Waals surface area contributed by atoms with Crippen molar-refractivity contribution in [3.05, 3.63) is 59.0 Å². The van der Waals surface area contributed by atoms with E-state index in [1.807, 2.05) is 6.92 Å². The molecule has 0 saturated carbocycles. The Morgan fingerprint density at radius 3 is 2.95 bits per heavy atom. The molecule has 2 aromatic heterocycles. The summed E-state index contributed by atoms with van der Waals surface area (Å²) in [4.78, 5) is 17.1. The van der Waals surface area contributed by atoms with E-state index in [0.29, 0.717) is 22.8 Å². The molecule has 0 radical (unpaired) electrons. The molecule has 0 aliphatic heterocycles. The lowest BCUT2D eigenvalue weighted by Gasteiger charge is -2.03. The quantitative estimate of drug-likeness (QED) is 0.682. The van der Waals surface area contributed by atoms with Crippen LogP contribution in [0, 0.1) is 5.82 Å². The van der Waals surface area contributed by atoms with Crippen LogP contribution in [0.5, 0.6) is 5.75 Å². The Morgan fingerprint density at radius 1 is 1.29 bits per heavy atom. The standard InChI is InChI=1S/C16H12FNO2S/c1-2-20-13-5-11(8-18-9-13)16(19)15-6-10-3-4-12(17)7-14(10)21-15/h3-9H,2H2,1H3. The van der Waals surface area contributed by atoms with E-state index in [1.54, 1.807) is 24.4 Å². The summed E-state index contributed by atoms with van der Waals surface area (Å²) >= 11 is 1.28. The fourth-order valence-electron chi connectivity index (χ4n) is 2.05. The molecule has 3 nitrogen and oxygen atoms in total. The van der Waals surface area contributed by atoms with Crippen molar-refractivity contribution in [3.8, 4) is 5.75 Å². The molecule has 0 spiro atoms. The Morgan fingerprint density at radius 2 is 2.14 bits per heavy atom. The molecular formula is C16H12FNO2S. The molecule has 0 aliphatic rings. The minimum Gasteiger partial charge on any atom is -0.492 e. The SMILES string of the molecule is CCOc1cncc(C(=O)c2cc3ccc(F)cc3s2)c1. The molecule has 0 bridgehead atoms. The highest BCUT2D eigenvalue weighted by atomic mass is 32.1. The van der Waals surface area contributed by atoms with Gasteiger partial charge in [-0.3, -0.25) is 9.78 Å². The molecule has 2 heterocycles. The second kappa shape index (κ2) is 5.61. The van der Waals surface area contributed by atoms with E-state index in [1.165, 1.54) is 29.7 Å². The lowest BCUT2D eigenvalue weighted by molar-refractivity contribution is 0.104. The Hall–Kier alpha value is -2.27. The number of halogens is 1. The summed E-state index contributed by atoms with van der Waals surface area (Å²) < 4.78 is 19.3. The zero-order chi connectivity index (χ0) is 14.8. The molecule has 0 saturated heterocycles. The highest BCUT2D eigenvalue weighted by Crippen LogP contribution is 2.28. The largest absolute Gasteiger partial charge is 0.492 e. The Kier molecular flexibility index (Phi) is 3.66. The third-order valence-electron chi connectivity index (χ3n) is 2.99. The van der Waals surface area contributed by atoms with Crippen LogP contribution in [0.1, 0.15) is 22.2 Å². The maximum atomic E-state index is 13.2. The van der Waals surface area contributed by atoms with Crippen LogP contribution in [0.4, 0.5) is 4.39 Å². The van der Waals surface area contributed by atoms with E-state index in [2.05, 4.69) is 4.98 Å². The number of pyridine rings is 1. The lowest BCUT2D eigenvalue weighted by Crippen LogP contribution is -2.01. The van der Waals surface area contributed by atoms with Crippen molar-refractivity contribution in [2.75, 3.05) is 6.61 Å². The van der Waals surface area contributed by atoms with Crippen molar-refractivity contribution in [2.24, 2.45) is 0 Å². The van der Waals surface area contributed by atoms with Crippen molar-refractivity contribution in [1.82, 2.24) is 4.98 Å². The van der Waals surface area contributed by atoms with Crippen molar-refractivity contribution in [1.29, 1.82) is 0 Å². The van der Waals surface area contributed by atoms with E-state index in [0.717, 1.165) is 10.1 Å². The highest BCUT2D eigenvalue weighted by molar-refractivity contribution is 7.21. The summed E-state index contributed by atoms with van der Waals surface area (Å²) in [6.45, 7) is 2.39. The van der Waals surface area contributed by atoms with Gasteiger partial charge in [0, 0.05) is 16.5 Å². The zero-order valence-corrected chi connectivity index (χ0v) is 12.1. The maximum absolute atomic E-state index is 13.2. The van der Waals surface area contributed by atoms with Gasteiger partial charge in [0.1, 0.15) is 11.6 Å². The number of ketones is 1. The Labute approximate surface area is 125 Å². The molecule has 0 atom stereocenters. The molecule has 3 rings (SSSR count). The first-order chi connectivity index (χ1) is 10.2. The summed E-state index contributed by atoms with van der Waals surface area (Å²) in [5, 5.41) is 0.860. The number of fused-ring (bicyclic) bond motifs is 1. The van der Waals surface area contributed by atoms with Crippen molar-refractivity contribution < 1.29 is 13.9 Å². The zero-order valence-electron chi connectivity index (χ0n) is 11.3. The van der Waals surface area contributed by atoms with Crippen LogP contribution in [-0.2, 0) is 0 Å². The van der Waals surface area contributed by atoms with Crippen LogP contribution in [0.15, 0.2) is 42.7 Å². The lowest BCUT2D eigenvalue weighted by atomic mass is 10.1. The summed E-state index contributed by atoms with van der Waals surface area (Å²) in [6, 6.07) is 7.94. The van der Waals surface area contributed by atoms with Gasteiger partial charge in [-0.05, 0) is 36.6 Å². The smallest absolute Gasteiger partial charge is 0.204 e. The Bertz CT molecular complexity index is 813. The molecule has 0 amide bonds. The third-order valence-corrected chi connectivity index (χ3v) is 4.09. The Balaban J connectivity index is 1.97. The average Bonchev–Trinajstić information content (AvgIpc) is 2.90. The van der Waals surface area contributed by atoms with Gasteiger partial charge in [0.05, 0.1) is 17.7 Å². The number of hydrogen-bond acceptors (Lipinski definition) is 4. The van der Waals surface area contributed by atoms with E-state index in [-0.39, 0.29) is 11.6 Å². The predicted molar refractivity (Wildman–Crippen MR) is 80.6 cm³/mol. The number of carbonyl (C=O) groups excluding carboxylic acids is 1. The van der Waals surface area contributed by atoms with Crippen LogP contribution >= 0.6 is 11.3 Å². The molecule has 1 aromatic carbocycles. The van der Waals surface area contributed by atoms with Crippen molar-refractivity contribution >= 4 is 27.2 Å². The number of aromatic nitrogens is 1. The number of nitrogens with zero attached hydrogens (tertiary/aromatic N) is 1. The second-order valence-corrected chi connectivity index (χ2v) is 5.55. The van der Waals surface area contributed by atoms with Crippen LogP contribution in [0.2, 0.25) is 0 Å². The average molecular weight is 301 g/mol. The molecule has 106 valence electrons. The van der Waals surface area contributed by atoms with E-state index < -0.39 is 0 Å². The molecule has 5 heteroatoms. The number of rotatable bonds is 4. The fourth-order valence-corrected chi connectivity index (χ4v) is 3.10. The van der Waals surface area contributed by atoms with Gasteiger partial charge in [-0.15, -0.1) is 11.3 Å². The van der Waals surface area contributed by atoms with Gasteiger partial charge in [0.25, 0.3) is 0 Å². The van der Waals surface area contributed by atoms with Gasteiger partial charge in [0.2, 0.25) is 5.78 Å². The van der Waals surface area contributed by atoms with Gasteiger partial charge in [0.15, 0.2) is 0 Å². The van der Waals surface area contributed by atoms with Gasteiger partial charge < -0.3 is 4.74 Å². The predicted octanol–water partition coefficient (Wildman–Crippen LogP) is 4.07. The number of thiophene rings is 1. The van der Waals surface area contributed by atoms with Crippen LogP contribution < -0.4 is 4.74 Å². The summed E-state index contributed by atoms with van der Waals surface area (Å²) in [7, 11) is 0. The van der Waals surface area contributed by atoms with Gasteiger partial charge >= 0.3 is 0 Å². The first-order valence-corrected chi connectivity index (χ1v) is 7.30. The summed E-state index contributed by atoms with van der Waals surface area (Å²) in [5.74, 6) is 0.129. The molecule has 21 heavy (non-hydrogen) atoms. The number of ether oxygens (including phenoxy) is 1. The fraction of sp³-hybridized carbons (Fsp3) is 0.125. The second-order valence-electron chi connectivity index (χ2n) is 4.46. The first-order valence-electron chi connectivity index (χ1n) is 6.49. The van der Waals surface area contributed by atoms with Gasteiger partial charge in [-0.1, -0.05) is 6.07 Å². The van der Waals surface area contributed by atoms with Gasteiger partial charge in [-0.25, -0.2) is 4.39 Å². The van der Waals surface area contributed by atoms with Crippen molar-refractivity contribution in [3.63, 3.8) is 0 Å². The van der Waals surface area contributed by atoms with E-state index >= 15 is 0 Å².